The first-order valence-electron chi connectivity index (χ1n) is 7.11. The van der Waals surface area contributed by atoms with Crippen LogP contribution in [0.4, 0.5) is 11.4 Å². The molecule has 0 atom stereocenters. The van der Waals surface area contributed by atoms with Crippen molar-refractivity contribution in [3.8, 4) is 0 Å². The Morgan fingerprint density at radius 1 is 1.38 bits per heavy atom. The first-order chi connectivity index (χ1) is 9.76. The van der Waals surface area contributed by atoms with Crippen LogP contribution in [0.5, 0.6) is 0 Å². The van der Waals surface area contributed by atoms with E-state index in [2.05, 4.69) is 19.2 Å². The zero-order chi connectivity index (χ0) is 16.0. The lowest BCUT2D eigenvalue weighted by Crippen LogP contribution is -2.34. The summed E-state index contributed by atoms with van der Waals surface area (Å²) in [6.45, 7) is 5.50. The maximum Gasteiger partial charge on any atom is 0.251 e. The number of ether oxygens (including phenoxy) is 1. The predicted molar refractivity (Wildman–Crippen MR) is 87.8 cm³/mol. The lowest BCUT2D eigenvalue weighted by Gasteiger charge is -2.24. The second kappa shape index (κ2) is 7.31. The first-order valence-corrected chi connectivity index (χ1v) is 7.11. The third-order valence-electron chi connectivity index (χ3n) is 3.48. The number of carbonyl (C=O) groups is 1. The molecule has 1 aromatic carbocycles. The Bertz CT molecular complexity index is 484. The fraction of sp³-hybridized carbons (Fsp3) is 0.562. The molecule has 0 heterocycles. The summed E-state index contributed by atoms with van der Waals surface area (Å²) in [6, 6.07) is 5.37. The van der Waals surface area contributed by atoms with Gasteiger partial charge < -0.3 is 20.7 Å². The molecule has 0 spiro atoms. The Kier molecular flexibility index (Phi) is 6.03. The van der Waals surface area contributed by atoms with Crippen LogP contribution in [0.25, 0.3) is 0 Å². The molecule has 0 saturated carbocycles. The van der Waals surface area contributed by atoms with Crippen LogP contribution < -0.4 is 16.0 Å². The van der Waals surface area contributed by atoms with Gasteiger partial charge in [-0.15, -0.1) is 0 Å². The van der Waals surface area contributed by atoms with Gasteiger partial charge in [0.2, 0.25) is 0 Å². The number of amides is 1. The highest BCUT2D eigenvalue weighted by atomic mass is 16.5. The predicted octanol–water partition coefficient (Wildman–Crippen LogP) is 2.13. The minimum absolute atomic E-state index is 0.000785. The number of nitrogens with two attached hydrogens (primary N) is 1. The number of nitrogens with zero attached hydrogens (tertiary/aromatic N) is 1. The second-order valence-electron chi connectivity index (χ2n) is 6.26. The number of hydrogen-bond acceptors (Lipinski definition) is 4. The lowest BCUT2D eigenvalue weighted by atomic mass is 9.89. The Morgan fingerprint density at radius 2 is 2.05 bits per heavy atom. The van der Waals surface area contributed by atoms with Crippen LogP contribution in [0.2, 0.25) is 0 Å². The first kappa shape index (κ1) is 17.3. The van der Waals surface area contributed by atoms with E-state index in [1.165, 1.54) is 0 Å². The van der Waals surface area contributed by atoms with Gasteiger partial charge in [-0.05, 0) is 30.0 Å². The highest BCUT2D eigenvalue weighted by Gasteiger charge is 2.19. The zero-order valence-corrected chi connectivity index (χ0v) is 13.7. The minimum atomic E-state index is -0.0995. The van der Waals surface area contributed by atoms with Crippen molar-refractivity contribution in [1.82, 2.24) is 5.32 Å². The van der Waals surface area contributed by atoms with Crippen molar-refractivity contribution in [1.29, 1.82) is 0 Å². The van der Waals surface area contributed by atoms with Crippen molar-refractivity contribution in [2.75, 3.05) is 45.0 Å². The maximum absolute atomic E-state index is 12.2. The van der Waals surface area contributed by atoms with E-state index in [4.69, 9.17) is 10.5 Å². The second-order valence-corrected chi connectivity index (χ2v) is 6.26. The molecule has 0 aliphatic carbocycles. The Morgan fingerprint density at radius 3 is 2.57 bits per heavy atom. The number of nitrogens with one attached hydrogen (secondary N) is 1. The quantitative estimate of drug-likeness (QED) is 0.756. The van der Waals surface area contributed by atoms with Crippen LogP contribution >= 0.6 is 0 Å². The van der Waals surface area contributed by atoms with Gasteiger partial charge >= 0.3 is 0 Å². The van der Waals surface area contributed by atoms with Gasteiger partial charge in [-0.2, -0.15) is 0 Å². The molecular weight excluding hydrogens is 266 g/mol. The Balaban J connectivity index is 2.66. The fourth-order valence-corrected chi connectivity index (χ4v) is 1.99. The third-order valence-corrected chi connectivity index (χ3v) is 3.48. The SMILES string of the molecule is COCCC(C)(C)CNC(=O)c1ccc(N(C)C)c(N)c1. The molecule has 0 aliphatic rings. The molecule has 0 radical (unpaired) electrons. The molecule has 21 heavy (non-hydrogen) atoms. The van der Waals surface area contributed by atoms with E-state index in [9.17, 15) is 4.79 Å². The normalized spacial score (nSPS) is 11.3. The molecule has 3 N–H and O–H groups in total. The summed E-state index contributed by atoms with van der Waals surface area (Å²) in [5, 5.41) is 2.96. The van der Waals surface area contributed by atoms with Gasteiger partial charge in [0.05, 0.1) is 11.4 Å². The summed E-state index contributed by atoms with van der Waals surface area (Å²) in [5.74, 6) is -0.0995. The van der Waals surface area contributed by atoms with E-state index in [0.717, 1.165) is 12.1 Å². The molecule has 0 aromatic heterocycles. The minimum Gasteiger partial charge on any atom is -0.397 e. The summed E-state index contributed by atoms with van der Waals surface area (Å²) in [6.07, 6.45) is 0.894. The summed E-state index contributed by atoms with van der Waals surface area (Å²) < 4.78 is 5.09. The maximum atomic E-state index is 12.2. The average Bonchev–Trinajstić information content (AvgIpc) is 2.42. The van der Waals surface area contributed by atoms with Crippen LogP contribution in [0, 0.1) is 5.41 Å². The van der Waals surface area contributed by atoms with Gasteiger partial charge in [-0.25, -0.2) is 0 Å². The van der Waals surface area contributed by atoms with Crippen LogP contribution in [-0.2, 0) is 4.74 Å². The highest BCUT2D eigenvalue weighted by Crippen LogP contribution is 2.23. The molecule has 118 valence electrons. The van der Waals surface area contributed by atoms with Crippen LogP contribution in [0.15, 0.2) is 18.2 Å². The molecule has 0 aliphatic heterocycles. The van der Waals surface area contributed by atoms with Crippen molar-refractivity contribution in [2.45, 2.75) is 20.3 Å². The number of methoxy groups -OCH3 is 1. The smallest absolute Gasteiger partial charge is 0.251 e. The van der Waals surface area contributed by atoms with Crippen molar-refractivity contribution in [3.63, 3.8) is 0 Å². The number of carbonyl (C=O) groups excluding carboxylic acids is 1. The topological polar surface area (TPSA) is 67.6 Å². The standard InChI is InChI=1S/C16H27N3O2/c1-16(2,8-9-21-5)11-18-15(20)12-6-7-14(19(3)4)13(17)10-12/h6-7,10H,8-9,11,17H2,1-5H3,(H,18,20). The van der Waals surface area contributed by atoms with Gasteiger partial charge in [-0.1, -0.05) is 13.8 Å². The lowest BCUT2D eigenvalue weighted by molar-refractivity contribution is 0.0921. The van der Waals surface area contributed by atoms with E-state index in [1.54, 1.807) is 19.2 Å². The van der Waals surface area contributed by atoms with E-state index >= 15 is 0 Å². The molecule has 5 nitrogen and oxygen atoms in total. The molecule has 0 unspecified atom stereocenters. The van der Waals surface area contributed by atoms with E-state index < -0.39 is 0 Å². The van der Waals surface area contributed by atoms with E-state index in [1.807, 2.05) is 25.1 Å². The Labute approximate surface area is 127 Å². The highest BCUT2D eigenvalue weighted by molar-refractivity contribution is 5.96. The van der Waals surface area contributed by atoms with Crippen LogP contribution in [0.3, 0.4) is 0 Å². The molecule has 1 amide bonds. The molecule has 0 saturated heterocycles. The molecule has 1 rings (SSSR count). The van der Waals surface area contributed by atoms with Gasteiger partial charge in [0, 0.05) is 39.9 Å². The Hall–Kier alpha value is -1.75. The van der Waals surface area contributed by atoms with Crippen molar-refractivity contribution in [2.24, 2.45) is 5.41 Å². The van der Waals surface area contributed by atoms with Gasteiger partial charge in [0.1, 0.15) is 0 Å². The van der Waals surface area contributed by atoms with Gasteiger partial charge in [0.25, 0.3) is 5.91 Å². The zero-order valence-electron chi connectivity index (χ0n) is 13.7. The number of nitrogen functional groups attached to an aromatic ring is 1. The molecule has 1 aromatic rings. The summed E-state index contributed by atoms with van der Waals surface area (Å²) in [7, 11) is 5.53. The monoisotopic (exact) mass is 293 g/mol. The van der Waals surface area contributed by atoms with Crippen LogP contribution in [0.1, 0.15) is 30.6 Å². The largest absolute Gasteiger partial charge is 0.397 e. The van der Waals surface area contributed by atoms with E-state index in [-0.39, 0.29) is 11.3 Å². The van der Waals surface area contributed by atoms with Crippen LogP contribution in [-0.4, -0.2) is 40.3 Å². The number of rotatable bonds is 7. The molecule has 5 heteroatoms. The van der Waals surface area contributed by atoms with Gasteiger partial charge in [0.15, 0.2) is 0 Å². The summed E-state index contributed by atoms with van der Waals surface area (Å²) in [4.78, 5) is 14.1. The molecule has 0 bridgehead atoms. The average molecular weight is 293 g/mol. The number of anilines is 2. The number of hydrogen-bond donors (Lipinski definition) is 2. The van der Waals surface area contributed by atoms with Gasteiger partial charge in [-0.3, -0.25) is 4.79 Å². The third kappa shape index (κ3) is 5.27. The molecule has 0 fully saturated rings. The number of benzene rings is 1. The fourth-order valence-electron chi connectivity index (χ4n) is 1.99. The van der Waals surface area contributed by atoms with Crippen molar-refractivity contribution >= 4 is 17.3 Å². The van der Waals surface area contributed by atoms with E-state index in [0.29, 0.717) is 24.4 Å². The van der Waals surface area contributed by atoms with Crippen molar-refractivity contribution < 1.29 is 9.53 Å². The molecular formula is C16H27N3O2. The summed E-state index contributed by atoms with van der Waals surface area (Å²) in [5.41, 5.74) is 8.07. The summed E-state index contributed by atoms with van der Waals surface area (Å²) >= 11 is 0. The van der Waals surface area contributed by atoms with Crippen molar-refractivity contribution in [3.05, 3.63) is 23.8 Å².